The number of ether oxygens (including phenoxy) is 2. The van der Waals surface area contributed by atoms with Gasteiger partial charge < -0.3 is 9.47 Å². The highest BCUT2D eigenvalue weighted by Gasteiger charge is 2.16. The fourth-order valence-corrected chi connectivity index (χ4v) is 2.38. The van der Waals surface area contributed by atoms with Gasteiger partial charge in [0.15, 0.2) is 0 Å². The first-order valence-corrected chi connectivity index (χ1v) is 7.56. The van der Waals surface area contributed by atoms with Crippen molar-refractivity contribution in [1.29, 1.82) is 5.26 Å². The third-order valence-electron chi connectivity index (χ3n) is 3.65. The van der Waals surface area contributed by atoms with Gasteiger partial charge in [0.2, 0.25) is 0 Å². The van der Waals surface area contributed by atoms with Gasteiger partial charge in [0.1, 0.15) is 17.3 Å². The fraction of sp³-hybridized carbons (Fsp3) is 0.316. The molecule has 0 saturated heterocycles. The molecule has 0 aliphatic carbocycles. The average Bonchev–Trinajstić information content (AvgIpc) is 2.56. The largest absolute Gasteiger partial charge is 0.496 e. The summed E-state index contributed by atoms with van der Waals surface area (Å²) >= 11 is 0. The minimum absolute atomic E-state index is 0.364. The van der Waals surface area contributed by atoms with Gasteiger partial charge in [-0.3, -0.25) is 0 Å². The second-order valence-electron chi connectivity index (χ2n) is 5.37. The zero-order valence-electron chi connectivity index (χ0n) is 13.4. The van der Waals surface area contributed by atoms with Crippen molar-refractivity contribution in [2.75, 3.05) is 13.7 Å². The maximum atomic E-state index is 13.4. The molecule has 0 bridgehead atoms. The fourth-order valence-electron chi connectivity index (χ4n) is 2.38. The van der Waals surface area contributed by atoms with Crippen LogP contribution in [0.3, 0.4) is 0 Å². The Labute approximate surface area is 136 Å². The van der Waals surface area contributed by atoms with E-state index in [1.807, 2.05) is 31.2 Å². The highest BCUT2D eigenvalue weighted by Crippen LogP contribution is 2.30. The molecule has 0 aliphatic rings. The smallest absolute Gasteiger partial charge is 0.123 e. The predicted octanol–water partition coefficient (Wildman–Crippen LogP) is 4.61. The summed E-state index contributed by atoms with van der Waals surface area (Å²) in [4.78, 5) is 0. The number of hydrogen-bond donors (Lipinski definition) is 0. The second-order valence-corrected chi connectivity index (χ2v) is 5.37. The molecule has 1 atom stereocenters. The van der Waals surface area contributed by atoms with Crippen LogP contribution in [0.1, 0.15) is 29.9 Å². The Morgan fingerprint density at radius 1 is 1.17 bits per heavy atom. The molecule has 0 amide bonds. The molecule has 0 N–H and O–H groups in total. The van der Waals surface area contributed by atoms with Crippen molar-refractivity contribution in [2.45, 2.75) is 25.7 Å². The number of benzene rings is 2. The number of hydrogen-bond acceptors (Lipinski definition) is 3. The summed E-state index contributed by atoms with van der Waals surface area (Å²) in [5.74, 6) is 0.573. The van der Waals surface area contributed by atoms with E-state index in [0.29, 0.717) is 30.8 Å². The van der Waals surface area contributed by atoms with Crippen LogP contribution in [0.5, 0.6) is 11.5 Å². The third-order valence-corrected chi connectivity index (χ3v) is 3.65. The van der Waals surface area contributed by atoms with Gasteiger partial charge in [-0.05, 0) is 50.1 Å². The molecule has 2 rings (SSSR count). The van der Waals surface area contributed by atoms with Crippen LogP contribution in [0, 0.1) is 24.1 Å². The Morgan fingerprint density at radius 2 is 1.91 bits per heavy atom. The number of nitriles is 1. The molecule has 0 spiro atoms. The molecular formula is C19H20FNO2. The van der Waals surface area contributed by atoms with E-state index in [2.05, 4.69) is 6.07 Å². The molecule has 0 saturated carbocycles. The minimum atomic E-state index is -0.415. The lowest BCUT2D eigenvalue weighted by atomic mass is 9.95. The van der Waals surface area contributed by atoms with E-state index >= 15 is 0 Å². The van der Waals surface area contributed by atoms with Crippen molar-refractivity contribution >= 4 is 0 Å². The SMILES string of the molecule is COc1ccc(F)cc1C(C#N)CCCOc1ccc(C)cc1. The number of aryl methyl sites for hydroxylation is 1. The first kappa shape index (κ1) is 16.8. The number of halogens is 1. The minimum Gasteiger partial charge on any atom is -0.496 e. The van der Waals surface area contributed by atoms with Crippen molar-refractivity contribution in [3.8, 4) is 17.6 Å². The van der Waals surface area contributed by atoms with Crippen LogP contribution in [0.15, 0.2) is 42.5 Å². The lowest BCUT2D eigenvalue weighted by Crippen LogP contribution is -2.04. The summed E-state index contributed by atoms with van der Waals surface area (Å²) in [7, 11) is 1.52. The maximum absolute atomic E-state index is 13.4. The van der Waals surface area contributed by atoms with Crippen LogP contribution in [0.4, 0.5) is 4.39 Å². The van der Waals surface area contributed by atoms with Crippen LogP contribution in [0.2, 0.25) is 0 Å². The van der Waals surface area contributed by atoms with Crippen molar-refractivity contribution in [3.63, 3.8) is 0 Å². The molecule has 1 unspecified atom stereocenters. The Kier molecular flexibility index (Phi) is 5.99. The highest BCUT2D eigenvalue weighted by molar-refractivity contribution is 5.39. The summed E-state index contributed by atoms with van der Waals surface area (Å²) in [6.07, 6.45) is 1.29. The standard InChI is InChI=1S/C19H20FNO2/c1-14-5-8-17(9-6-14)23-11-3-4-15(13-21)18-12-16(20)7-10-19(18)22-2/h5-10,12,15H,3-4,11H2,1-2H3. The maximum Gasteiger partial charge on any atom is 0.123 e. The van der Waals surface area contributed by atoms with Crippen LogP contribution in [0.25, 0.3) is 0 Å². The lowest BCUT2D eigenvalue weighted by molar-refractivity contribution is 0.304. The van der Waals surface area contributed by atoms with E-state index in [4.69, 9.17) is 9.47 Å². The molecule has 0 radical (unpaired) electrons. The van der Waals surface area contributed by atoms with Crippen molar-refractivity contribution in [3.05, 3.63) is 59.4 Å². The number of nitrogens with zero attached hydrogens (tertiary/aromatic N) is 1. The van der Waals surface area contributed by atoms with E-state index in [1.54, 1.807) is 6.07 Å². The molecule has 0 aliphatic heterocycles. The zero-order chi connectivity index (χ0) is 16.7. The van der Waals surface area contributed by atoms with Crippen LogP contribution in [-0.2, 0) is 0 Å². The van der Waals surface area contributed by atoms with Gasteiger partial charge in [0.05, 0.1) is 25.7 Å². The summed E-state index contributed by atoms with van der Waals surface area (Å²) in [5, 5.41) is 9.37. The van der Waals surface area contributed by atoms with Gasteiger partial charge in [0, 0.05) is 5.56 Å². The van der Waals surface area contributed by atoms with Gasteiger partial charge >= 0.3 is 0 Å². The van der Waals surface area contributed by atoms with Gasteiger partial charge in [0.25, 0.3) is 0 Å². The van der Waals surface area contributed by atoms with Crippen molar-refractivity contribution in [1.82, 2.24) is 0 Å². The molecule has 0 heterocycles. The van der Waals surface area contributed by atoms with Gasteiger partial charge in [-0.2, -0.15) is 5.26 Å². The Morgan fingerprint density at radius 3 is 2.57 bits per heavy atom. The molecule has 3 nitrogen and oxygen atoms in total. The highest BCUT2D eigenvalue weighted by atomic mass is 19.1. The average molecular weight is 313 g/mol. The lowest BCUT2D eigenvalue weighted by Gasteiger charge is -2.14. The number of methoxy groups -OCH3 is 1. The molecule has 0 fully saturated rings. The monoisotopic (exact) mass is 313 g/mol. The van der Waals surface area contributed by atoms with Crippen LogP contribution < -0.4 is 9.47 Å². The summed E-state index contributed by atoms with van der Waals surface area (Å²) in [5.41, 5.74) is 1.77. The topological polar surface area (TPSA) is 42.2 Å². The number of rotatable bonds is 7. The van der Waals surface area contributed by atoms with Gasteiger partial charge in [-0.15, -0.1) is 0 Å². The van der Waals surface area contributed by atoms with E-state index in [9.17, 15) is 9.65 Å². The molecule has 2 aromatic rings. The van der Waals surface area contributed by atoms with E-state index in [1.165, 1.54) is 24.8 Å². The third kappa shape index (κ3) is 4.72. The second kappa shape index (κ2) is 8.19. The summed E-state index contributed by atoms with van der Waals surface area (Å²) < 4.78 is 24.3. The Bertz CT molecular complexity index is 677. The zero-order valence-corrected chi connectivity index (χ0v) is 13.4. The van der Waals surface area contributed by atoms with E-state index < -0.39 is 5.92 Å². The predicted molar refractivity (Wildman–Crippen MR) is 87.2 cm³/mol. The first-order valence-electron chi connectivity index (χ1n) is 7.56. The van der Waals surface area contributed by atoms with E-state index in [0.717, 1.165) is 5.75 Å². The Hall–Kier alpha value is -2.54. The summed E-state index contributed by atoms with van der Waals surface area (Å²) in [6, 6.07) is 14.3. The molecule has 0 aromatic heterocycles. The summed E-state index contributed by atoms with van der Waals surface area (Å²) in [6.45, 7) is 2.53. The Balaban J connectivity index is 1.92. The van der Waals surface area contributed by atoms with Crippen LogP contribution in [-0.4, -0.2) is 13.7 Å². The van der Waals surface area contributed by atoms with Gasteiger partial charge in [-0.1, -0.05) is 17.7 Å². The molecule has 23 heavy (non-hydrogen) atoms. The molecule has 2 aromatic carbocycles. The quantitative estimate of drug-likeness (QED) is 0.701. The van der Waals surface area contributed by atoms with E-state index in [-0.39, 0.29) is 5.82 Å². The molecular weight excluding hydrogens is 293 g/mol. The molecule has 4 heteroatoms. The van der Waals surface area contributed by atoms with Gasteiger partial charge in [-0.25, -0.2) is 4.39 Å². The van der Waals surface area contributed by atoms with Crippen molar-refractivity contribution < 1.29 is 13.9 Å². The normalized spacial score (nSPS) is 11.6. The van der Waals surface area contributed by atoms with Crippen LogP contribution >= 0.6 is 0 Å². The van der Waals surface area contributed by atoms with Crippen molar-refractivity contribution in [2.24, 2.45) is 0 Å². The molecule has 120 valence electrons. The first-order chi connectivity index (χ1) is 11.1.